The van der Waals surface area contributed by atoms with Gasteiger partial charge in [-0.1, -0.05) is 31.2 Å². The van der Waals surface area contributed by atoms with Gasteiger partial charge in [0.15, 0.2) is 0 Å². The largest absolute Gasteiger partial charge is 0.497 e. The summed E-state index contributed by atoms with van der Waals surface area (Å²) in [5, 5.41) is 2.91. The number of para-hydroxylation sites is 2. The van der Waals surface area contributed by atoms with Crippen LogP contribution in [0.15, 0.2) is 48.5 Å². The first kappa shape index (κ1) is 30.0. The van der Waals surface area contributed by atoms with E-state index in [0.29, 0.717) is 23.6 Å². The minimum absolute atomic E-state index is 0.0661. The summed E-state index contributed by atoms with van der Waals surface area (Å²) in [5.74, 6) is 0.682. The predicted molar refractivity (Wildman–Crippen MR) is 145 cm³/mol. The van der Waals surface area contributed by atoms with Gasteiger partial charge in [0.2, 0.25) is 21.8 Å². The van der Waals surface area contributed by atoms with Crippen molar-refractivity contribution in [2.24, 2.45) is 0 Å². The Morgan fingerprint density at radius 3 is 2.19 bits per heavy atom. The molecule has 2 rings (SSSR count). The highest BCUT2D eigenvalue weighted by Crippen LogP contribution is 2.30. The highest BCUT2D eigenvalue weighted by Gasteiger charge is 2.29. The minimum atomic E-state index is -3.62. The fourth-order valence-corrected chi connectivity index (χ4v) is 5.01. The number of benzene rings is 2. The van der Waals surface area contributed by atoms with Gasteiger partial charge in [-0.15, -0.1) is 0 Å². The molecule has 0 fully saturated rings. The highest BCUT2D eigenvalue weighted by molar-refractivity contribution is 7.92. The van der Waals surface area contributed by atoms with E-state index >= 15 is 0 Å². The molecule has 2 aromatic carbocycles. The van der Waals surface area contributed by atoms with Gasteiger partial charge in [-0.3, -0.25) is 13.9 Å². The van der Waals surface area contributed by atoms with E-state index < -0.39 is 16.1 Å². The molecule has 1 N–H and O–H groups in total. The first-order valence-corrected chi connectivity index (χ1v) is 14.2. The highest BCUT2D eigenvalue weighted by atomic mass is 32.2. The number of ether oxygens (including phenoxy) is 2. The lowest BCUT2D eigenvalue weighted by Gasteiger charge is -2.31. The van der Waals surface area contributed by atoms with Gasteiger partial charge in [0.1, 0.15) is 17.5 Å². The number of anilines is 1. The van der Waals surface area contributed by atoms with E-state index in [1.807, 2.05) is 45.0 Å². The SMILES string of the molecule is CCC(C(=O)NC(C)C)N(Cc1ccc(OC)cc1)C(=O)CCCN(c1ccccc1OC)S(C)(=O)=O. The second kappa shape index (κ2) is 13.9. The summed E-state index contributed by atoms with van der Waals surface area (Å²) in [6.07, 6.45) is 1.91. The van der Waals surface area contributed by atoms with Crippen molar-refractivity contribution in [3.63, 3.8) is 0 Å². The van der Waals surface area contributed by atoms with E-state index in [4.69, 9.17) is 9.47 Å². The van der Waals surface area contributed by atoms with Crippen LogP contribution in [0.1, 0.15) is 45.6 Å². The Morgan fingerprint density at radius 2 is 1.65 bits per heavy atom. The number of rotatable bonds is 14. The number of sulfonamides is 1. The molecule has 0 aliphatic heterocycles. The number of amides is 2. The molecule has 0 radical (unpaired) electrons. The number of hydrogen-bond acceptors (Lipinski definition) is 6. The second-order valence-corrected chi connectivity index (χ2v) is 11.0. The Bertz CT molecular complexity index is 1140. The third kappa shape index (κ3) is 8.66. The number of methoxy groups -OCH3 is 2. The summed E-state index contributed by atoms with van der Waals surface area (Å²) in [6.45, 7) is 5.95. The Morgan fingerprint density at radius 1 is 1.00 bits per heavy atom. The van der Waals surface area contributed by atoms with Gasteiger partial charge in [0.05, 0.1) is 26.2 Å². The van der Waals surface area contributed by atoms with Crippen molar-refractivity contribution in [2.75, 3.05) is 31.3 Å². The Balaban J connectivity index is 2.25. The number of carbonyl (C=O) groups excluding carboxylic acids is 2. The lowest BCUT2D eigenvalue weighted by molar-refractivity contribution is -0.141. The van der Waals surface area contributed by atoms with Gasteiger partial charge in [-0.05, 0) is 56.5 Å². The summed E-state index contributed by atoms with van der Waals surface area (Å²) >= 11 is 0. The lowest BCUT2D eigenvalue weighted by Crippen LogP contribution is -2.50. The van der Waals surface area contributed by atoms with Crippen molar-refractivity contribution in [2.45, 2.75) is 58.7 Å². The molecule has 1 unspecified atom stereocenters. The quantitative estimate of drug-likeness (QED) is 0.398. The monoisotopic (exact) mass is 533 g/mol. The maximum atomic E-state index is 13.5. The molecule has 2 amide bonds. The van der Waals surface area contributed by atoms with Crippen LogP contribution in [-0.2, 0) is 26.2 Å². The first-order chi connectivity index (χ1) is 17.5. The number of carbonyl (C=O) groups is 2. The van der Waals surface area contributed by atoms with Crippen LogP contribution in [0.4, 0.5) is 5.69 Å². The normalized spacial score (nSPS) is 12.1. The molecule has 204 valence electrons. The molecule has 0 aromatic heterocycles. The number of hydrogen-bond donors (Lipinski definition) is 1. The maximum absolute atomic E-state index is 13.5. The molecule has 9 nitrogen and oxygen atoms in total. The van der Waals surface area contributed by atoms with Gasteiger partial charge < -0.3 is 19.7 Å². The Labute approximate surface area is 220 Å². The number of nitrogens with one attached hydrogen (secondary N) is 1. The molecule has 0 spiro atoms. The molecule has 0 saturated carbocycles. The molecule has 0 aliphatic rings. The lowest BCUT2D eigenvalue weighted by atomic mass is 10.1. The van der Waals surface area contributed by atoms with Crippen molar-refractivity contribution in [1.82, 2.24) is 10.2 Å². The summed E-state index contributed by atoms with van der Waals surface area (Å²) in [5.41, 5.74) is 1.27. The van der Waals surface area contributed by atoms with E-state index in [1.165, 1.54) is 11.4 Å². The Hall–Kier alpha value is -3.27. The average Bonchev–Trinajstić information content (AvgIpc) is 2.85. The van der Waals surface area contributed by atoms with Crippen LogP contribution < -0.4 is 19.1 Å². The second-order valence-electron chi connectivity index (χ2n) is 9.07. The van der Waals surface area contributed by atoms with Gasteiger partial charge >= 0.3 is 0 Å². The fraction of sp³-hybridized carbons (Fsp3) is 0.481. The van der Waals surface area contributed by atoms with Crippen LogP contribution in [-0.4, -0.2) is 64.2 Å². The summed E-state index contributed by atoms with van der Waals surface area (Å²) in [4.78, 5) is 28.0. The van der Waals surface area contributed by atoms with E-state index in [2.05, 4.69) is 5.32 Å². The first-order valence-electron chi connectivity index (χ1n) is 12.3. The minimum Gasteiger partial charge on any atom is -0.497 e. The molecular weight excluding hydrogens is 494 g/mol. The third-order valence-corrected chi connectivity index (χ3v) is 7.01. The van der Waals surface area contributed by atoms with Crippen LogP contribution in [0.2, 0.25) is 0 Å². The molecule has 0 bridgehead atoms. The van der Waals surface area contributed by atoms with E-state index in [0.717, 1.165) is 11.8 Å². The van der Waals surface area contributed by atoms with Crippen LogP contribution in [0.25, 0.3) is 0 Å². The average molecular weight is 534 g/mol. The standard InChI is InChI=1S/C27H39N3O6S/c1-7-23(27(32)28-20(2)3)29(19-21-14-16-22(35-4)17-15-21)26(31)13-10-18-30(37(6,33)34)24-11-8-9-12-25(24)36-5/h8-9,11-12,14-17,20,23H,7,10,13,18-19H2,1-6H3,(H,28,32). The summed E-state index contributed by atoms with van der Waals surface area (Å²) in [6, 6.07) is 13.5. The van der Waals surface area contributed by atoms with E-state index in [1.54, 1.807) is 36.3 Å². The molecule has 10 heteroatoms. The zero-order chi connectivity index (χ0) is 27.6. The van der Waals surface area contributed by atoms with Crippen LogP contribution in [0, 0.1) is 0 Å². The molecule has 0 aliphatic carbocycles. The summed E-state index contributed by atoms with van der Waals surface area (Å²) in [7, 11) is -0.558. The maximum Gasteiger partial charge on any atom is 0.243 e. The van der Waals surface area contributed by atoms with Crippen LogP contribution in [0.5, 0.6) is 11.5 Å². The topological polar surface area (TPSA) is 105 Å². The smallest absolute Gasteiger partial charge is 0.243 e. The van der Waals surface area contributed by atoms with E-state index in [9.17, 15) is 18.0 Å². The number of nitrogens with zero attached hydrogens (tertiary/aromatic N) is 2. The molecular formula is C27H39N3O6S. The van der Waals surface area contributed by atoms with Crippen LogP contribution in [0.3, 0.4) is 0 Å². The van der Waals surface area contributed by atoms with Gasteiger partial charge in [0.25, 0.3) is 0 Å². The Kier molecular flexibility index (Phi) is 11.2. The van der Waals surface area contributed by atoms with Gasteiger partial charge in [-0.25, -0.2) is 8.42 Å². The van der Waals surface area contributed by atoms with Crippen LogP contribution >= 0.6 is 0 Å². The van der Waals surface area contributed by atoms with Crippen molar-refractivity contribution in [3.8, 4) is 11.5 Å². The molecule has 37 heavy (non-hydrogen) atoms. The van der Waals surface area contributed by atoms with Gasteiger partial charge in [-0.2, -0.15) is 0 Å². The molecule has 0 saturated heterocycles. The summed E-state index contributed by atoms with van der Waals surface area (Å²) < 4.78 is 36.9. The molecule has 2 aromatic rings. The van der Waals surface area contributed by atoms with Crippen molar-refractivity contribution >= 4 is 27.5 Å². The third-order valence-electron chi connectivity index (χ3n) is 5.83. The van der Waals surface area contributed by atoms with Crippen molar-refractivity contribution in [3.05, 3.63) is 54.1 Å². The fourth-order valence-electron chi connectivity index (χ4n) is 4.05. The molecule has 1 atom stereocenters. The van der Waals surface area contributed by atoms with Gasteiger partial charge in [0, 0.05) is 25.6 Å². The molecule has 0 heterocycles. The van der Waals surface area contributed by atoms with E-state index in [-0.39, 0.29) is 43.8 Å². The zero-order valence-corrected chi connectivity index (χ0v) is 23.4. The van der Waals surface area contributed by atoms with Crippen molar-refractivity contribution in [1.29, 1.82) is 0 Å². The zero-order valence-electron chi connectivity index (χ0n) is 22.6. The van der Waals surface area contributed by atoms with Crippen molar-refractivity contribution < 1.29 is 27.5 Å². The predicted octanol–water partition coefficient (Wildman–Crippen LogP) is 3.58.